The Morgan fingerprint density at radius 1 is 1.07 bits per heavy atom. The summed E-state index contributed by atoms with van der Waals surface area (Å²) in [5.74, 6) is -3.23. The molecule has 0 saturated carbocycles. The van der Waals surface area contributed by atoms with Crippen LogP contribution in [0.2, 0.25) is 5.02 Å². The predicted molar refractivity (Wildman–Crippen MR) is 102 cm³/mol. The highest BCUT2D eigenvalue weighted by molar-refractivity contribution is 7.89. The second kappa shape index (κ2) is 9.12. The fourth-order valence-corrected chi connectivity index (χ4v) is 3.99. The first-order valence-electron chi connectivity index (χ1n) is 8.33. The fraction of sp³-hybridized carbons (Fsp3) is 0.263. The summed E-state index contributed by atoms with van der Waals surface area (Å²) in [6, 6.07) is 13.1. The van der Waals surface area contributed by atoms with Gasteiger partial charge in [0.05, 0.1) is 10.9 Å². The number of hydrogen-bond acceptors (Lipinski definition) is 4. The van der Waals surface area contributed by atoms with Gasteiger partial charge in [-0.25, -0.2) is 13.1 Å². The maximum absolute atomic E-state index is 12.8. The molecule has 0 saturated heterocycles. The van der Waals surface area contributed by atoms with Gasteiger partial charge in [-0.2, -0.15) is 0 Å². The molecule has 0 heterocycles. The van der Waals surface area contributed by atoms with Crippen molar-refractivity contribution in [3.8, 4) is 0 Å². The SMILES string of the molecule is CCC(C(=O)O)C(=O)[C@@H](Cc1ccccc1)NS(=O)(=O)c1ccc(Cl)cc1. The highest BCUT2D eigenvalue weighted by Gasteiger charge is 2.34. The Hall–Kier alpha value is -2.22. The van der Waals surface area contributed by atoms with E-state index in [2.05, 4.69) is 4.72 Å². The number of nitrogens with one attached hydrogen (secondary N) is 1. The summed E-state index contributed by atoms with van der Waals surface area (Å²) in [7, 11) is -4.03. The number of carboxylic acid groups (broad SMARTS) is 1. The van der Waals surface area contributed by atoms with E-state index >= 15 is 0 Å². The van der Waals surface area contributed by atoms with Crippen LogP contribution in [0.25, 0.3) is 0 Å². The number of sulfonamides is 1. The van der Waals surface area contributed by atoms with Gasteiger partial charge in [-0.15, -0.1) is 0 Å². The van der Waals surface area contributed by atoms with Crippen molar-refractivity contribution in [1.29, 1.82) is 0 Å². The normalized spacial score (nSPS) is 13.7. The molecule has 0 radical (unpaired) electrons. The summed E-state index contributed by atoms with van der Waals surface area (Å²) in [5.41, 5.74) is 0.717. The lowest BCUT2D eigenvalue weighted by atomic mass is 9.92. The summed E-state index contributed by atoms with van der Waals surface area (Å²) < 4.78 is 27.7. The van der Waals surface area contributed by atoms with Crippen LogP contribution >= 0.6 is 11.6 Å². The molecule has 2 aromatic rings. The van der Waals surface area contributed by atoms with Gasteiger partial charge < -0.3 is 5.11 Å². The number of Topliss-reactive ketones (excluding diaryl/α,β-unsaturated/α-hetero) is 1. The summed E-state index contributed by atoms with van der Waals surface area (Å²) in [5, 5.41) is 9.67. The average Bonchev–Trinajstić information content (AvgIpc) is 2.62. The van der Waals surface area contributed by atoms with E-state index in [1.807, 2.05) is 0 Å². The number of ketones is 1. The van der Waals surface area contributed by atoms with Crippen LogP contribution < -0.4 is 4.72 Å². The van der Waals surface area contributed by atoms with Crippen molar-refractivity contribution in [2.24, 2.45) is 5.92 Å². The topological polar surface area (TPSA) is 101 Å². The zero-order valence-electron chi connectivity index (χ0n) is 14.6. The molecule has 1 unspecified atom stereocenters. The Bertz CT molecular complexity index is 897. The van der Waals surface area contributed by atoms with E-state index in [1.54, 1.807) is 37.3 Å². The first-order chi connectivity index (χ1) is 12.7. The summed E-state index contributed by atoms with van der Waals surface area (Å²) in [4.78, 5) is 24.1. The van der Waals surface area contributed by atoms with Crippen LogP contribution in [0.15, 0.2) is 59.5 Å². The van der Waals surface area contributed by atoms with Crippen molar-refractivity contribution in [2.45, 2.75) is 30.7 Å². The molecule has 0 fully saturated rings. The van der Waals surface area contributed by atoms with Gasteiger partial charge >= 0.3 is 5.97 Å². The minimum atomic E-state index is -4.03. The van der Waals surface area contributed by atoms with Crippen molar-refractivity contribution in [3.05, 3.63) is 65.2 Å². The van der Waals surface area contributed by atoms with Crippen LogP contribution in [0.3, 0.4) is 0 Å². The van der Waals surface area contributed by atoms with Crippen LogP contribution in [0.5, 0.6) is 0 Å². The maximum atomic E-state index is 12.8. The van der Waals surface area contributed by atoms with Crippen LogP contribution in [0.1, 0.15) is 18.9 Å². The van der Waals surface area contributed by atoms with Crippen molar-refractivity contribution < 1.29 is 23.1 Å². The molecule has 0 spiro atoms. The van der Waals surface area contributed by atoms with Crippen molar-refractivity contribution in [1.82, 2.24) is 4.72 Å². The molecule has 0 aliphatic carbocycles. The van der Waals surface area contributed by atoms with Crippen LogP contribution in [0.4, 0.5) is 0 Å². The van der Waals surface area contributed by atoms with E-state index < -0.39 is 33.7 Å². The molecule has 6 nitrogen and oxygen atoms in total. The molecule has 144 valence electrons. The van der Waals surface area contributed by atoms with Gasteiger partial charge in [0.2, 0.25) is 10.0 Å². The second-order valence-corrected chi connectivity index (χ2v) is 8.17. The van der Waals surface area contributed by atoms with E-state index in [0.29, 0.717) is 5.02 Å². The van der Waals surface area contributed by atoms with Crippen molar-refractivity contribution >= 4 is 33.4 Å². The van der Waals surface area contributed by atoms with E-state index in [-0.39, 0.29) is 17.7 Å². The molecule has 0 aliphatic heterocycles. The van der Waals surface area contributed by atoms with Gasteiger partial charge in [-0.05, 0) is 42.7 Å². The molecular weight excluding hydrogens is 390 g/mol. The quantitative estimate of drug-likeness (QED) is 0.620. The molecule has 8 heteroatoms. The van der Waals surface area contributed by atoms with Crippen LogP contribution in [0, 0.1) is 5.92 Å². The number of carbonyl (C=O) groups is 2. The molecule has 2 atom stereocenters. The van der Waals surface area contributed by atoms with Crippen molar-refractivity contribution in [3.63, 3.8) is 0 Å². The average molecular weight is 410 g/mol. The third-order valence-corrected chi connectivity index (χ3v) is 5.84. The predicted octanol–water partition coefficient (Wildman–Crippen LogP) is 2.91. The summed E-state index contributed by atoms with van der Waals surface area (Å²) in [6.07, 6.45) is 0.123. The van der Waals surface area contributed by atoms with E-state index in [1.165, 1.54) is 24.3 Å². The highest BCUT2D eigenvalue weighted by Crippen LogP contribution is 2.17. The first kappa shape index (κ1) is 21.1. The lowest BCUT2D eigenvalue weighted by molar-refractivity contribution is -0.146. The monoisotopic (exact) mass is 409 g/mol. The van der Waals surface area contributed by atoms with Gasteiger partial charge in [0.1, 0.15) is 5.92 Å². The van der Waals surface area contributed by atoms with E-state index in [9.17, 15) is 23.1 Å². The highest BCUT2D eigenvalue weighted by atomic mass is 35.5. The smallest absolute Gasteiger partial charge is 0.314 e. The fourth-order valence-electron chi connectivity index (χ4n) is 2.66. The Morgan fingerprint density at radius 2 is 1.67 bits per heavy atom. The van der Waals surface area contributed by atoms with E-state index in [4.69, 9.17) is 11.6 Å². The summed E-state index contributed by atoms with van der Waals surface area (Å²) >= 11 is 5.79. The molecule has 0 amide bonds. The van der Waals surface area contributed by atoms with Gasteiger partial charge in [0.15, 0.2) is 5.78 Å². The Labute approximate surface area is 163 Å². The molecule has 0 aliphatic rings. The van der Waals surface area contributed by atoms with Gasteiger partial charge in [0.25, 0.3) is 0 Å². The number of carbonyl (C=O) groups excluding carboxylic acids is 1. The molecular formula is C19H20ClNO5S. The maximum Gasteiger partial charge on any atom is 0.314 e. The number of aliphatic carboxylic acids is 1. The molecule has 2 N–H and O–H groups in total. The molecule has 27 heavy (non-hydrogen) atoms. The number of rotatable bonds is 9. The minimum absolute atomic E-state index is 0.0519. The lowest BCUT2D eigenvalue weighted by Gasteiger charge is -2.21. The zero-order valence-corrected chi connectivity index (χ0v) is 16.2. The van der Waals surface area contributed by atoms with Gasteiger partial charge in [-0.1, -0.05) is 48.9 Å². The Kier molecular flexibility index (Phi) is 7.12. The van der Waals surface area contributed by atoms with Gasteiger partial charge in [-0.3, -0.25) is 9.59 Å². The minimum Gasteiger partial charge on any atom is -0.481 e. The molecule has 2 aromatic carbocycles. The number of hydrogen-bond donors (Lipinski definition) is 2. The Morgan fingerprint density at radius 3 is 2.19 bits per heavy atom. The third kappa shape index (κ3) is 5.63. The number of halogens is 1. The van der Waals surface area contributed by atoms with E-state index in [0.717, 1.165) is 5.56 Å². The first-order valence-corrected chi connectivity index (χ1v) is 10.2. The largest absolute Gasteiger partial charge is 0.481 e. The number of carboxylic acids is 1. The standard InChI is InChI=1S/C19H20ClNO5S/c1-2-16(19(23)24)18(22)17(12-13-6-4-3-5-7-13)21-27(25,26)15-10-8-14(20)9-11-15/h3-11,16-17,21H,2,12H2,1H3,(H,23,24)/t16?,17-/m1/s1. The van der Waals surface area contributed by atoms with Crippen molar-refractivity contribution in [2.75, 3.05) is 0 Å². The summed E-state index contributed by atoms with van der Waals surface area (Å²) in [6.45, 7) is 1.57. The number of benzene rings is 2. The zero-order chi connectivity index (χ0) is 20.0. The van der Waals surface area contributed by atoms with Crippen LogP contribution in [-0.2, 0) is 26.0 Å². The van der Waals surface area contributed by atoms with Crippen LogP contribution in [-0.4, -0.2) is 31.3 Å². The molecule has 2 rings (SSSR count). The van der Waals surface area contributed by atoms with Gasteiger partial charge in [0, 0.05) is 5.02 Å². The second-order valence-electron chi connectivity index (χ2n) is 6.02. The third-order valence-electron chi connectivity index (χ3n) is 4.10. The Balaban J connectivity index is 2.35. The molecule has 0 bridgehead atoms. The lowest BCUT2D eigenvalue weighted by Crippen LogP contribution is -2.46. The molecule has 0 aromatic heterocycles.